The van der Waals surface area contributed by atoms with Crippen molar-refractivity contribution in [3.8, 4) is 5.75 Å². The number of halogens is 1. The molecule has 10 nitrogen and oxygen atoms in total. The minimum Gasteiger partial charge on any atom is -0.497 e. The first-order chi connectivity index (χ1) is 18.8. The lowest BCUT2D eigenvalue weighted by Crippen LogP contribution is -2.21. The normalized spacial score (nSPS) is 9.41. The average Bonchev–Trinajstić information content (AvgIpc) is 2.95. The highest BCUT2D eigenvalue weighted by atomic mass is 35.5. The molecule has 0 aliphatic carbocycles. The quantitative estimate of drug-likeness (QED) is 0.226. The van der Waals surface area contributed by atoms with Crippen LogP contribution in [-0.4, -0.2) is 55.1 Å². The van der Waals surface area contributed by atoms with Gasteiger partial charge in [0.1, 0.15) is 12.5 Å². The van der Waals surface area contributed by atoms with Crippen molar-refractivity contribution in [3.63, 3.8) is 0 Å². The summed E-state index contributed by atoms with van der Waals surface area (Å²) in [5.41, 5.74) is 9.40. The topological polar surface area (TPSA) is 151 Å². The highest BCUT2D eigenvalue weighted by molar-refractivity contribution is 6.33. The second kappa shape index (κ2) is 18.1. The Hall–Kier alpha value is -4.25. The van der Waals surface area contributed by atoms with Crippen LogP contribution in [0.5, 0.6) is 5.75 Å². The van der Waals surface area contributed by atoms with Gasteiger partial charge in [-0.1, -0.05) is 35.9 Å². The predicted molar refractivity (Wildman–Crippen MR) is 159 cm³/mol. The molecule has 39 heavy (non-hydrogen) atoms. The van der Waals surface area contributed by atoms with E-state index in [0.717, 1.165) is 22.3 Å². The molecule has 0 radical (unpaired) electrons. The Labute approximate surface area is 233 Å². The third kappa shape index (κ3) is 10.9. The summed E-state index contributed by atoms with van der Waals surface area (Å²) in [6.45, 7) is 5.92. The maximum atomic E-state index is 10.9. The van der Waals surface area contributed by atoms with Crippen LogP contribution >= 0.6 is 11.6 Å². The third-order valence-corrected chi connectivity index (χ3v) is 5.05. The fraction of sp³-hybridized carbons (Fsp3) is 0.214. The molecule has 1 amide bonds. The molecule has 1 aromatic heterocycles. The number of carbonyl (C=O) groups is 2. The maximum Gasteiger partial charge on any atom is 0.238 e. The van der Waals surface area contributed by atoms with Crippen molar-refractivity contribution < 1.29 is 19.4 Å². The van der Waals surface area contributed by atoms with E-state index in [-0.39, 0.29) is 19.1 Å². The smallest absolute Gasteiger partial charge is 0.238 e. The van der Waals surface area contributed by atoms with Crippen molar-refractivity contribution in [1.29, 1.82) is 0 Å². The van der Waals surface area contributed by atoms with Gasteiger partial charge < -0.3 is 36.3 Å². The summed E-state index contributed by atoms with van der Waals surface area (Å²) in [6, 6.07) is 20.7. The van der Waals surface area contributed by atoms with Gasteiger partial charge in [-0.15, -0.1) is 0 Å². The molecule has 3 aromatic carbocycles. The highest BCUT2D eigenvalue weighted by Gasteiger charge is 2.10. The fourth-order valence-electron chi connectivity index (χ4n) is 3.05. The van der Waals surface area contributed by atoms with Crippen molar-refractivity contribution in [2.24, 2.45) is 5.73 Å². The van der Waals surface area contributed by atoms with Crippen LogP contribution in [0.4, 0.5) is 23.0 Å². The number of hydrogen-bond acceptors (Lipinski definition) is 9. The number of methoxy groups -OCH3 is 1. The van der Waals surface area contributed by atoms with E-state index in [1.54, 1.807) is 33.2 Å². The number of benzene rings is 3. The zero-order valence-electron chi connectivity index (χ0n) is 22.5. The largest absolute Gasteiger partial charge is 0.497 e. The van der Waals surface area contributed by atoms with Crippen LogP contribution < -0.4 is 26.4 Å². The van der Waals surface area contributed by atoms with E-state index in [2.05, 4.69) is 25.9 Å². The third-order valence-electron chi connectivity index (χ3n) is 4.72. The van der Waals surface area contributed by atoms with Crippen LogP contribution in [0.2, 0.25) is 5.02 Å². The average molecular weight is 555 g/mol. The summed E-state index contributed by atoms with van der Waals surface area (Å²) in [5, 5.41) is 17.1. The van der Waals surface area contributed by atoms with Crippen molar-refractivity contribution in [2.45, 2.75) is 13.8 Å². The molecule has 0 fully saturated rings. The molecule has 0 bridgehead atoms. The Morgan fingerprint density at radius 1 is 1.03 bits per heavy atom. The molecule has 0 aliphatic heterocycles. The summed E-state index contributed by atoms with van der Waals surface area (Å²) >= 11 is 6.23. The van der Waals surface area contributed by atoms with E-state index in [1.807, 2.05) is 68.3 Å². The number of ether oxygens (including phenoxy) is 1. The van der Waals surface area contributed by atoms with Crippen molar-refractivity contribution in [1.82, 2.24) is 9.97 Å². The molecule has 4 aromatic rings. The molecule has 11 heteroatoms. The highest BCUT2D eigenvalue weighted by Crippen LogP contribution is 2.31. The standard InChI is InChI=1S/C16H15ClN4O.C9H12N2O.C2H6O.CH2O/c1-18-15-16(20-13-6-4-3-5-12(13)19-15)21-14-9-10(22-2)7-8-11(14)17;1-7-3-2-4-8(5-7)11-9(12)6-10;1-2-3;1-2/h3-9H,1-2H3,(H,18,19)(H,20,21);2-5H,6,10H2,1H3,(H,11,12);3H,2H2,1H3;1H2. The molecule has 0 saturated heterocycles. The monoisotopic (exact) mass is 554 g/mol. The predicted octanol–water partition coefficient (Wildman–Crippen LogP) is 4.78. The molecule has 208 valence electrons. The van der Waals surface area contributed by atoms with E-state index in [9.17, 15) is 4.79 Å². The number of aryl methyl sites for hydroxylation is 1. The Kier molecular flexibility index (Phi) is 15.2. The number of nitrogens with zero attached hydrogens (tertiary/aromatic N) is 2. The van der Waals surface area contributed by atoms with Crippen molar-refractivity contribution in [2.75, 3.05) is 43.3 Å². The molecule has 6 N–H and O–H groups in total. The van der Waals surface area contributed by atoms with Gasteiger partial charge in [0.15, 0.2) is 11.6 Å². The van der Waals surface area contributed by atoms with Gasteiger partial charge >= 0.3 is 0 Å². The number of para-hydroxylation sites is 2. The number of aliphatic hydroxyl groups excluding tert-OH is 1. The number of carbonyl (C=O) groups excluding carboxylic acids is 2. The van der Waals surface area contributed by atoms with Gasteiger partial charge in [0.25, 0.3) is 0 Å². The lowest BCUT2D eigenvalue weighted by molar-refractivity contribution is -0.114. The van der Waals surface area contributed by atoms with Gasteiger partial charge in [0, 0.05) is 25.4 Å². The van der Waals surface area contributed by atoms with Crippen LogP contribution in [0.25, 0.3) is 11.0 Å². The number of anilines is 4. The van der Waals surface area contributed by atoms with E-state index in [0.29, 0.717) is 28.1 Å². The van der Waals surface area contributed by atoms with Crippen LogP contribution in [0.3, 0.4) is 0 Å². The second-order valence-corrected chi connectivity index (χ2v) is 7.98. The zero-order valence-corrected chi connectivity index (χ0v) is 23.2. The number of amides is 1. The summed E-state index contributed by atoms with van der Waals surface area (Å²) in [6.07, 6.45) is 0. The summed E-state index contributed by atoms with van der Waals surface area (Å²) in [7, 11) is 3.42. The summed E-state index contributed by atoms with van der Waals surface area (Å²) in [4.78, 5) is 28.0. The molecule has 4 rings (SSSR count). The molecule has 1 heterocycles. The Balaban J connectivity index is 0.000000378. The van der Waals surface area contributed by atoms with Gasteiger partial charge in [-0.3, -0.25) is 4.79 Å². The lowest BCUT2D eigenvalue weighted by atomic mass is 10.2. The second-order valence-electron chi connectivity index (χ2n) is 7.57. The minimum atomic E-state index is -0.166. The van der Waals surface area contributed by atoms with Crippen LogP contribution in [0, 0.1) is 6.92 Å². The summed E-state index contributed by atoms with van der Waals surface area (Å²) < 4.78 is 5.22. The number of nitrogens with two attached hydrogens (primary N) is 1. The first-order valence-corrected chi connectivity index (χ1v) is 12.2. The SMILES string of the molecule is C=O.CCO.CNc1nc2ccccc2nc1Nc1cc(OC)ccc1Cl.Cc1cccc(NC(=O)CN)c1. The number of rotatable bonds is 6. The van der Waals surface area contributed by atoms with Crippen LogP contribution in [-0.2, 0) is 9.59 Å². The zero-order chi connectivity index (χ0) is 29.2. The molecule has 0 saturated carbocycles. The van der Waals surface area contributed by atoms with Crippen LogP contribution in [0.1, 0.15) is 12.5 Å². The van der Waals surface area contributed by atoms with E-state index >= 15 is 0 Å². The first kappa shape index (κ1) is 32.8. The Morgan fingerprint density at radius 3 is 2.18 bits per heavy atom. The minimum absolute atomic E-state index is 0.0218. The number of nitrogens with one attached hydrogen (secondary N) is 3. The molecule has 0 spiro atoms. The number of fused-ring (bicyclic) bond motifs is 1. The number of aliphatic hydroxyl groups is 1. The van der Waals surface area contributed by atoms with Gasteiger partial charge in [-0.2, -0.15) is 0 Å². The van der Waals surface area contributed by atoms with Crippen molar-refractivity contribution >= 4 is 58.3 Å². The van der Waals surface area contributed by atoms with Gasteiger partial charge in [-0.05, 0) is 55.8 Å². The Bertz CT molecular complexity index is 1320. The number of hydrogen-bond donors (Lipinski definition) is 5. The van der Waals surface area contributed by atoms with Gasteiger partial charge in [-0.25, -0.2) is 9.97 Å². The van der Waals surface area contributed by atoms with Crippen LogP contribution in [0.15, 0.2) is 66.7 Å². The van der Waals surface area contributed by atoms with E-state index in [4.69, 9.17) is 32.0 Å². The van der Waals surface area contributed by atoms with E-state index < -0.39 is 0 Å². The van der Waals surface area contributed by atoms with Crippen molar-refractivity contribution in [3.05, 3.63) is 77.3 Å². The molecule has 0 aliphatic rings. The molecular weight excluding hydrogens is 520 g/mol. The van der Waals surface area contributed by atoms with Gasteiger partial charge in [0.2, 0.25) is 5.91 Å². The Morgan fingerprint density at radius 2 is 1.64 bits per heavy atom. The van der Waals surface area contributed by atoms with E-state index in [1.165, 1.54) is 0 Å². The van der Waals surface area contributed by atoms with Gasteiger partial charge in [0.05, 0.1) is 35.4 Å². The number of aromatic nitrogens is 2. The summed E-state index contributed by atoms with van der Waals surface area (Å²) in [5.74, 6) is 1.81. The maximum absolute atomic E-state index is 10.9. The lowest BCUT2D eigenvalue weighted by Gasteiger charge is -2.13. The molecule has 0 unspecified atom stereocenters. The fourth-order valence-corrected chi connectivity index (χ4v) is 3.22. The first-order valence-electron chi connectivity index (χ1n) is 11.9. The molecular formula is C28H35ClN6O4. The molecule has 0 atom stereocenters.